The van der Waals surface area contributed by atoms with Crippen molar-refractivity contribution in [2.45, 2.75) is 109 Å². The van der Waals surface area contributed by atoms with Crippen molar-refractivity contribution in [3.63, 3.8) is 0 Å². The zero-order valence-corrected chi connectivity index (χ0v) is 31.6. The van der Waals surface area contributed by atoms with E-state index in [1.165, 1.54) is 12.1 Å². The van der Waals surface area contributed by atoms with E-state index in [-0.39, 0.29) is 39.9 Å². The highest BCUT2D eigenvalue weighted by Gasteiger charge is 2.45. The summed E-state index contributed by atoms with van der Waals surface area (Å²) in [6, 6.07) is 20.9. The molecule has 3 atom stereocenters. The van der Waals surface area contributed by atoms with Gasteiger partial charge in [0.05, 0.1) is 18.1 Å². The van der Waals surface area contributed by atoms with Crippen LogP contribution in [-0.2, 0) is 15.6 Å². The van der Waals surface area contributed by atoms with Gasteiger partial charge in [-0.1, -0.05) is 99.9 Å². The molecule has 1 heterocycles. The van der Waals surface area contributed by atoms with Gasteiger partial charge >= 0.3 is 0 Å². The third-order valence-electron chi connectivity index (χ3n) is 9.95. The maximum Gasteiger partial charge on any atom is 0.250 e. The molecule has 44 heavy (non-hydrogen) atoms. The van der Waals surface area contributed by atoms with E-state index >= 15 is 0 Å². The van der Waals surface area contributed by atoms with Crippen LogP contribution in [0.2, 0.25) is 36.3 Å². The van der Waals surface area contributed by atoms with Gasteiger partial charge < -0.3 is 14.2 Å². The molecule has 1 amide bonds. The van der Waals surface area contributed by atoms with E-state index in [1.807, 2.05) is 36.4 Å². The van der Waals surface area contributed by atoms with Crippen LogP contribution >= 0.6 is 15.9 Å². The van der Waals surface area contributed by atoms with Crippen LogP contribution in [0.1, 0.15) is 88.3 Å². The summed E-state index contributed by atoms with van der Waals surface area (Å²) >= 11 is 3.64. The van der Waals surface area contributed by atoms with Crippen LogP contribution in [0.3, 0.4) is 0 Å². The van der Waals surface area contributed by atoms with Crippen molar-refractivity contribution in [3.8, 4) is 5.75 Å². The van der Waals surface area contributed by atoms with Crippen molar-refractivity contribution in [2.75, 3.05) is 0 Å². The number of nitrogens with one attached hydrogen (secondary N) is 1. The fraction of sp³-hybridized carbons (Fsp3) is 0.472. The number of hydrogen-bond acceptors (Lipinski definition) is 3. The predicted molar refractivity (Wildman–Crippen MR) is 188 cm³/mol. The van der Waals surface area contributed by atoms with Crippen LogP contribution in [-0.4, -0.2) is 22.5 Å². The molecule has 4 nitrogen and oxygen atoms in total. The van der Waals surface area contributed by atoms with Gasteiger partial charge in [-0.2, -0.15) is 0 Å². The molecule has 0 spiro atoms. The van der Waals surface area contributed by atoms with Crippen LogP contribution in [0.5, 0.6) is 5.75 Å². The monoisotopic (exact) mass is 697 g/mol. The van der Waals surface area contributed by atoms with Gasteiger partial charge in [0, 0.05) is 10.0 Å². The van der Waals surface area contributed by atoms with Crippen molar-refractivity contribution < 1.29 is 18.0 Å². The molecule has 0 radical (unpaired) electrons. The quantitative estimate of drug-likeness (QED) is 0.169. The molecule has 1 aliphatic heterocycles. The van der Waals surface area contributed by atoms with Crippen LogP contribution in [0.25, 0.3) is 0 Å². The summed E-state index contributed by atoms with van der Waals surface area (Å²) in [7, 11) is -4.24. The number of benzene rings is 3. The lowest BCUT2D eigenvalue weighted by atomic mass is 9.77. The maximum atomic E-state index is 13.8. The Bertz CT molecular complexity index is 1480. The third-order valence-corrected chi connectivity index (χ3v) is 19.3. The van der Waals surface area contributed by atoms with E-state index in [2.05, 4.69) is 107 Å². The number of carbonyl (C=O) groups is 1. The predicted octanol–water partition coefficient (Wildman–Crippen LogP) is 10.6. The number of hydrogen-bond donors (Lipinski definition) is 1. The van der Waals surface area contributed by atoms with Crippen LogP contribution in [0, 0.1) is 5.82 Å². The molecule has 238 valence electrons. The Labute approximate surface area is 274 Å². The van der Waals surface area contributed by atoms with Gasteiger partial charge in [-0.15, -0.1) is 0 Å². The lowest BCUT2D eigenvalue weighted by molar-refractivity contribution is -0.131. The first kappa shape index (κ1) is 34.6. The zero-order valence-electron chi connectivity index (χ0n) is 28.0. The maximum absolute atomic E-state index is 13.8. The molecule has 4 rings (SSSR count). The summed E-state index contributed by atoms with van der Waals surface area (Å²) in [5.41, 5.74) is 4.15. The van der Waals surface area contributed by atoms with Crippen molar-refractivity contribution in [1.29, 1.82) is 0 Å². The molecule has 1 fully saturated rings. The SMILES string of the molecule is CC(C)(C)[Si](C)(C)Oc1cc(Br)ccc1[C@H]1NC(=O)[C@@H]1c1ccccc1CC[C@H](O[Si](C)(C)C(C)(C)C)c1ccc(F)cc1. The number of aryl methyl sites for hydroxylation is 1. The third kappa shape index (κ3) is 7.57. The number of rotatable bonds is 10. The molecule has 0 aliphatic carbocycles. The second-order valence-electron chi connectivity index (χ2n) is 15.2. The highest BCUT2D eigenvalue weighted by atomic mass is 79.9. The molecule has 3 aromatic rings. The minimum atomic E-state index is -2.13. The van der Waals surface area contributed by atoms with Crippen molar-refractivity contribution in [3.05, 3.63) is 99.3 Å². The second-order valence-corrected chi connectivity index (χ2v) is 25.6. The van der Waals surface area contributed by atoms with Crippen LogP contribution in [0.15, 0.2) is 71.2 Å². The van der Waals surface area contributed by atoms with E-state index in [0.717, 1.165) is 45.3 Å². The van der Waals surface area contributed by atoms with E-state index < -0.39 is 16.6 Å². The summed E-state index contributed by atoms with van der Waals surface area (Å²) in [6.45, 7) is 22.4. The van der Waals surface area contributed by atoms with Crippen molar-refractivity contribution in [2.24, 2.45) is 0 Å². The molecule has 0 saturated carbocycles. The molecule has 8 heteroatoms. The van der Waals surface area contributed by atoms with Gasteiger partial charge in [0.2, 0.25) is 14.2 Å². The molecule has 3 aromatic carbocycles. The molecule has 1 saturated heterocycles. The Morgan fingerprint density at radius 3 is 2.07 bits per heavy atom. The number of carbonyl (C=O) groups excluding carboxylic acids is 1. The van der Waals surface area contributed by atoms with Gasteiger partial charge in [0.25, 0.3) is 0 Å². The summed E-state index contributed by atoms with van der Waals surface area (Å²) in [4.78, 5) is 13.3. The van der Waals surface area contributed by atoms with E-state index in [9.17, 15) is 9.18 Å². The average Bonchev–Trinajstić information content (AvgIpc) is 2.90. The first-order chi connectivity index (χ1) is 20.3. The van der Waals surface area contributed by atoms with Gasteiger partial charge in [-0.25, -0.2) is 4.39 Å². The van der Waals surface area contributed by atoms with E-state index in [1.54, 1.807) is 0 Å². The molecule has 0 bridgehead atoms. The Kier molecular flexibility index (Phi) is 10.1. The summed E-state index contributed by atoms with van der Waals surface area (Å²) in [6.07, 6.45) is 1.29. The number of halogens is 2. The van der Waals surface area contributed by atoms with Gasteiger partial charge in [-0.3, -0.25) is 4.79 Å². The summed E-state index contributed by atoms with van der Waals surface area (Å²) in [5, 5.41) is 3.26. The topological polar surface area (TPSA) is 47.6 Å². The molecular weight excluding hydrogens is 649 g/mol. The molecule has 0 unspecified atom stereocenters. The number of amides is 1. The first-order valence-electron chi connectivity index (χ1n) is 15.6. The van der Waals surface area contributed by atoms with Crippen molar-refractivity contribution in [1.82, 2.24) is 5.32 Å². The highest BCUT2D eigenvalue weighted by molar-refractivity contribution is 9.10. The largest absolute Gasteiger partial charge is 0.543 e. The normalized spacial score (nSPS) is 18.4. The first-order valence-corrected chi connectivity index (χ1v) is 22.2. The van der Waals surface area contributed by atoms with Gasteiger partial charge in [-0.05, 0) is 90.1 Å². The summed E-state index contributed by atoms with van der Waals surface area (Å²) in [5.74, 6) is 0.283. The van der Waals surface area contributed by atoms with Gasteiger partial charge in [0.15, 0.2) is 8.32 Å². The van der Waals surface area contributed by atoms with Crippen LogP contribution < -0.4 is 9.74 Å². The smallest absolute Gasteiger partial charge is 0.250 e. The fourth-order valence-electron chi connectivity index (χ4n) is 5.10. The van der Waals surface area contributed by atoms with E-state index in [0.29, 0.717) is 0 Å². The van der Waals surface area contributed by atoms with E-state index in [4.69, 9.17) is 8.85 Å². The molecular formula is C36H49BrFNO3Si2. The highest BCUT2D eigenvalue weighted by Crippen LogP contribution is 2.47. The zero-order chi connectivity index (χ0) is 32.7. The summed E-state index contributed by atoms with van der Waals surface area (Å²) < 4.78 is 28.5. The van der Waals surface area contributed by atoms with Crippen molar-refractivity contribution >= 4 is 38.5 Å². The Morgan fingerprint density at radius 1 is 0.864 bits per heavy atom. The lowest BCUT2D eigenvalue weighted by Crippen LogP contribution is -2.50. The molecule has 0 aromatic heterocycles. The fourth-order valence-corrected chi connectivity index (χ4v) is 7.79. The molecule has 1 N–H and O–H groups in total. The Hall–Kier alpha value is -2.27. The van der Waals surface area contributed by atoms with Gasteiger partial charge in [0.1, 0.15) is 11.6 Å². The standard InChI is InChI=1S/C36H49BrFNO3Si2/c1-35(2,3)43(7,8)41-30(25-15-19-27(38)20-16-25)22-17-24-13-11-12-14-28(24)32-33(39-34(32)40)29-21-18-26(37)23-31(29)42-44(9,10)36(4,5)6/h11-16,18-21,23,30,32-33H,17,22H2,1-10H3,(H,39,40)/t30-,32+,33+/m0/s1. The average molecular weight is 699 g/mol. The Morgan fingerprint density at radius 2 is 1.48 bits per heavy atom. The minimum Gasteiger partial charge on any atom is -0.543 e. The number of β-lactam (4-membered cyclic amide) rings is 1. The lowest BCUT2D eigenvalue weighted by Gasteiger charge is -2.42. The molecule has 1 aliphatic rings. The second kappa shape index (κ2) is 12.9. The minimum absolute atomic E-state index is 0.0243. The van der Waals surface area contributed by atoms with Crippen LogP contribution in [0.4, 0.5) is 4.39 Å². The Balaban J connectivity index is 1.65.